The van der Waals surface area contributed by atoms with Gasteiger partial charge < -0.3 is 9.47 Å². The number of aromatic nitrogens is 2. The number of carbonyl (C=O) groups is 1. The van der Waals surface area contributed by atoms with Gasteiger partial charge in [-0.1, -0.05) is 29.8 Å². The van der Waals surface area contributed by atoms with Gasteiger partial charge in [-0.25, -0.2) is 9.97 Å². The monoisotopic (exact) mass is 258 g/mol. The minimum absolute atomic E-state index is 0.136. The number of hydrogen-bond donors (Lipinski definition) is 0. The smallest absolute Gasteiger partial charge is 0.305 e. The summed E-state index contributed by atoms with van der Waals surface area (Å²) < 4.78 is 9.82. The van der Waals surface area contributed by atoms with Gasteiger partial charge in [0.05, 0.1) is 12.4 Å². The standard InChI is InChI=1S/C14H14N2O3/c1-10-3-5-12(6-4-10)14-15-7-13(8-16-14)19-9-18-11(2)17/h3-8H,9H2,1-2H3. The zero-order chi connectivity index (χ0) is 13.7. The van der Waals surface area contributed by atoms with Crippen molar-refractivity contribution in [3.8, 4) is 17.1 Å². The summed E-state index contributed by atoms with van der Waals surface area (Å²) in [4.78, 5) is 19.0. The first-order valence-electron chi connectivity index (χ1n) is 5.80. The van der Waals surface area contributed by atoms with E-state index in [1.165, 1.54) is 12.5 Å². The molecule has 0 saturated carbocycles. The number of hydrogen-bond acceptors (Lipinski definition) is 5. The maximum atomic E-state index is 10.6. The van der Waals surface area contributed by atoms with Crippen LogP contribution in [0.25, 0.3) is 11.4 Å². The van der Waals surface area contributed by atoms with Gasteiger partial charge in [0.2, 0.25) is 6.79 Å². The Hall–Kier alpha value is -2.43. The molecule has 19 heavy (non-hydrogen) atoms. The quantitative estimate of drug-likeness (QED) is 0.622. The fraction of sp³-hybridized carbons (Fsp3) is 0.214. The normalized spacial score (nSPS) is 10.0. The third-order valence-electron chi connectivity index (χ3n) is 2.43. The van der Waals surface area contributed by atoms with Crippen molar-refractivity contribution in [1.82, 2.24) is 9.97 Å². The number of esters is 1. The van der Waals surface area contributed by atoms with Gasteiger partial charge >= 0.3 is 5.97 Å². The van der Waals surface area contributed by atoms with Crippen LogP contribution in [0.1, 0.15) is 12.5 Å². The minimum atomic E-state index is -0.391. The van der Waals surface area contributed by atoms with Gasteiger partial charge in [-0.15, -0.1) is 0 Å². The minimum Gasteiger partial charge on any atom is -0.454 e. The van der Waals surface area contributed by atoms with E-state index in [0.717, 1.165) is 5.56 Å². The predicted molar refractivity (Wildman–Crippen MR) is 69.5 cm³/mol. The molecule has 0 bridgehead atoms. The lowest BCUT2D eigenvalue weighted by Crippen LogP contribution is -2.07. The Morgan fingerprint density at radius 2 is 1.79 bits per heavy atom. The van der Waals surface area contributed by atoms with Crippen LogP contribution in [0.3, 0.4) is 0 Å². The van der Waals surface area contributed by atoms with Crippen molar-refractivity contribution in [2.45, 2.75) is 13.8 Å². The van der Waals surface area contributed by atoms with E-state index in [2.05, 4.69) is 14.7 Å². The highest BCUT2D eigenvalue weighted by molar-refractivity contribution is 5.65. The fourth-order valence-corrected chi connectivity index (χ4v) is 1.42. The summed E-state index contributed by atoms with van der Waals surface area (Å²) in [6.45, 7) is 3.21. The molecule has 5 heteroatoms. The van der Waals surface area contributed by atoms with E-state index < -0.39 is 5.97 Å². The molecule has 0 unspecified atom stereocenters. The van der Waals surface area contributed by atoms with Crippen molar-refractivity contribution >= 4 is 5.97 Å². The topological polar surface area (TPSA) is 61.3 Å². The van der Waals surface area contributed by atoms with E-state index in [1.54, 1.807) is 12.4 Å². The van der Waals surface area contributed by atoms with Crippen LogP contribution in [0.5, 0.6) is 5.75 Å². The van der Waals surface area contributed by atoms with Gasteiger partial charge in [-0.3, -0.25) is 4.79 Å². The van der Waals surface area contributed by atoms with Crippen LogP contribution in [-0.4, -0.2) is 22.7 Å². The largest absolute Gasteiger partial charge is 0.454 e. The molecule has 1 aromatic carbocycles. The summed E-state index contributed by atoms with van der Waals surface area (Å²) in [5.74, 6) is 0.689. The van der Waals surface area contributed by atoms with Gasteiger partial charge in [0.25, 0.3) is 0 Å². The van der Waals surface area contributed by atoms with Crippen LogP contribution in [0.15, 0.2) is 36.7 Å². The zero-order valence-electron chi connectivity index (χ0n) is 10.8. The van der Waals surface area contributed by atoms with Crippen LogP contribution < -0.4 is 4.74 Å². The average Bonchev–Trinajstić information content (AvgIpc) is 2.40. The van der Waals surface area contributed by atoms with Gasteiger partial charge in [0, 0.05) is 12.5 Å². The molecule has 0 aliphatic rings. The second kappa shape index (κ2) is 5.95. The summed E-state index contributed by atoms with van der Waals surface area (Å²) in [5.41, 5.74) is 2.13. The van der Waals surface area contributed by atoms with Crippen molar-refractivity contribution in [2.75, 3.05) is 6.79 Å². The SMILES string of the molecule is CC(=O)OCOc1cnc(-c2ccc(C)cc2)nc1. The maximum Gasteiger partial charge on any atom is 0.305 e. The number of nitrogens with zero attached hydrogens (tertiary/aromatic N) is 2. The summed E-state index contributed by atoms with van der Waals surface area (Å²) in [5, 5.41) is 0. The number of rotatable bonds is 4. The van der Waals surface area contributed by atoms with Gasteiger partial charge in [-0.2, -0.15) is 0 Å². The number of carbonyl (C=O) groups excluding carboxylic acids is 1. The first-order chi connectivity index (χ1) is 9.15. The maximum absolute atomic E-state index is 10.6. The molecule has 0 aliphatic carbocycles. The Kier molecular flexibility index (Phi) is 4.07. The van der Waals surface area contributed by atoms with Crippen molar-refractivity contribution in [1.29, 1.82) is 0 Å². The molecule has 0 fully saturated rings. The Balaban J connectivity index is 2.02. The Bertz CT molecular complexity index is 550. The number of aryl methyl sites for hydroxylation is 1. The Morgan fingerprint density at radius 3 is 2.37 bits per heavy atom. The molecule has 0 N–H and O–H groups in total. The highest BCUT2D eigenvalue weighted by Crippen LogP contribution is 2.16. The van der Waals surface area contributed by atoms with E-state index in [4.69, 9.17) is 4.74 Å². The first-order valence-corrected chi connectivity index (χ1v) is 5.80. The highest BCUT2D eigenvalue weighted by atomic mass is 16.7. The van der Waals surface area contributed by atoms with E-state index in [9.17, 15) is 4.79 Å². The second-order valence-corrected chi connectivity index (χ2v) is 4.01. The third kappa shape index (κ3) is 3.77. The van der Waals surface area contributed by atoms with Crippen molar-refractivity contribution in [3.05, 3.63) is 42.2 Å². The molecule has 0 saturated heterocycles. The molecule has 5 nitrogen and oxygen atoms in total. The summed E-state index contributed by atoms with van der Waals surface area (Å²) in [7, 11) is 0. The number of benzene rings is 1. The molecular weight excluding hydrogens is 244 g/mol. The molecule has 0 aliphatic heterocycles. The van der Waals surface area contributed by atoms with E-state index in [0.29, 0.717) is 11.6 Å². The second-order valence-electron chi connectivity index (χ2n) is 4.01. The first kappa shape index (κ1) is 13.0. The van der Waals surface area contributed by atoms with E-state index in [-0.39, 0.29) is 6.79 Å². The van der Waals surface area contributed by atoms with E-state index >= 15 is 0 Å². The number of ether oxygens (including phenoxy) is 2. The molecule has 0 amide bonds. The lowest BCUT2D eigenvalue weighted by Gasteiger charge is -2.06. The van der Waals surface area contributed by atoms with Gasteiger partial charge in [0.1, 0.15) is 0 Å². The molecule has 2 aromatic rings. The summed E-state index contributed by atoms with van der Waals surface area (Å²) in [6, 6.07) is 7.93. The molecule has 2 rings (SSSR count). The van der Waals surface area contributed by atoms with Crippen molar-refractivity contribution < 1.29 is 14.3 Å². The predicted octanol–water partition coefficient (Wildman–Crippen LogP) is 2.35. The molecule has 1 aromatic heterocycles. The molecule has 1 heterocycles. The van der Waals surface area contributed by atoms with Gasteiger partial charge in [0.15, 0.2) is 11.6 Å². The van der Waals surface area contributed by atoms with Crippen LogP contribution >= 0.6 is 0 Å². The fourth-order valence-electron chi connectivity index (χ4n) is 1.42. The highest BCUT2D eigenvalue weighted by Gasteiger charge is 2.02. The van der Waals surface area contributed by atoms with Crippen molar-refractivity contribution in [2.24, 2.45) is 0 Å². The lowest BCUT2D eigenvalue weighted by molar-refractivity contribution is -0.147. The van der Waals surface area contributed by atoms with Gasteiger partial charge in [-0.05, 0) is 6.92 Å². The lowest BCUT2D eigenvalue weighted by atomic mass is 10.1. The Morgan fingerprint density at radius 1 is 1.16 bits per heavy atom. The molecule has 98 valence electrons. The van der Waals surface area contributed by atoms with Crippen molar-refractivity contribution in [3.63, 3.8) is 0 Å². The van der Waals surface area contributed by atoms with Crippen LogP contribution in [-0.2, 0) is 9.53 Å². The zero-order valence-corrected chi connectivity index (χ0v) is 10.8. The Labute approximate surface area is 111 Å². The molecule has 0 atom stereocenters. The van der Waals surface area contributed by atoms with Crippen LogP contribution in [0, 0.1) is 6.92 Å². The van der Waals surface area contributed by atoms with Crippen LogP contribution in [0.2, 0.25) is 0 Å². The van der Waals surface area contributed by atoms with E-state index in [1.807, 2.05) is 31.2 Å². The van der Waals surface area contributed by atoms with Crippen LogP contribution in [0.4, 0.5) is 0 Å². The summed E-state index contributed by atoms with van der Waals surface area (Å²) >= 11 is 0. The molecule has 0 radical (unpaired) electrons. The molecule has 0 spiro atoms. The molecular formula is C14H14N2O3. The average molecular weight is 258 g/mol. The summed E-state index contributed by atoms with van der Waals surface area (Å²) in [6.07, 6.45) is 3.09. The third-order valence-corrected chi connectivity index (χ3v) is 2.43.